The number of piperidine rings is 1. The van der Waals surface area contributed by atoms with Crippen LogP contribution in [0.2, 0.25) is 0 Å². The highest BCUT2D eigenvalue weighted by Crippen LogP contribution is 2.29. The number of hydrogen-bond acceptors (Lipinski definition) is 3. The van der Waals surface area contributed by atoms with Gasteiger partial charge in [0.05, 0.1) is 6.61 Å². The molecule has 1 fully saturated rings. The van der Waals surface area contributed by atoms with E-state index in [1.54, 1.807) is 0 Å². The van der Waals surface area contributed by atoms with Crippen LogP contribution in [0.25, 0.3) is 0 Å². The smallest absolute Gasteiger partial charge is 0.0613 e. The highest BCUT2D eigenvalue weighted by molar-refractivity contribution is 4.85. The number of aliphatic hydroxyl groups is 1. The summed E-state index contributed by atoms with van der Waals surface area (Å²) in [6, 6.07) is 0. The largest absolute Gasteiger partial charge is 0.394 e. The van der Waals surface area contributed by atoms with Crippen LogP contribution in [-0.2, 0) is 0 Å². The molecule has 1 aliphatic rings. The average molecular weight is 256 g/mol. The summed E-state index contributed by atoms with van der Waals surface area (Å²) in [5.41, 5.74) is 0.481. The maximum absolute atomic E-state index is 9.51. The van der Waals surface area contributed by atoms with Crippen LogP contribution in [0.3, 0.4) is 0 Å². The van der Waals surface area contributed by atoms with Crippen LogP contribution >= 0.6 is 0 Å². The summed E-state index contributed by atoms with van der Waals surface area (Å²) in [7, 11) is 1.96. The number of hydrogen-bond donors (Lipinski definition) is 2. The number of rotatable bonds is 7. The van der Waals surface area contributed by atoms with E-state index in [1.807, 2.05) is 7.05 Å². The molecule has 1 unspecified atom stereocenters. The van der Waals surface area contributed by atoms with Crippen LogP contribution in [0.15, 0.2) is 0 Å². The van der Waals surface area contributed by atoms with Crippen LogP contribution in [-0.4, -0.2) is 48.8 Å². The summed E-state index contributed by atoms with van der Waals surface area (Å²) in [6.07, 6.45) is 5.87. The molecule has 108 valence electrons. The van der Waals surface area contributed by atoms with E-state index in [4.69, 9.17) is 0 Å². The van der Waals surface area contributed by atoms with E-state index in [9.17, 15) is 5.11 Å². The third kappa shape index (κ3) is 4.52. The van der Waals surface area contributed by atoms with E-state index in [2.05, 4.69) is 31.0 Å². The quantitative estimate of drug-likeness (QED) is 0.733. The Labute approximate surface area is 113 Å². The molecule has 0 amide bonds. The fourth-order valence-corrected chi connectivity index (χ4v) is 2.77. The van der Waals surface area contributed by atoms with Gasteiger partial charge in [0.25, 0.3) is 0 Å². The van der Waals surface area contributed by atoms with Crippen molar-refractivity contribution in [3.8, 4) is 0 Å². The predicted octanol–water partition coefficient (Wildman–Crippen LogP) is 2.25. The Hall–Kier alpha value is -0.120. The second kappa shape index (κ2) is 6.88. The molecule has 1 saturated heterocycles. The molecular weight excluding hydrogens is 224 g/mol. The molecule has 1 aliphatic heterocycles. The molecule has 18 heavy (non-hydrogen) atoms. The van der Waals surface area contributed by atoms with Crippen molar-refractivity contribution in [3.05, 3.63) is 0 Å². The second-order valence-electron chi connectivity index (χ2n) is 6.65. The van der Waals surface area contributed by atoms with Gasteiger partial charge in [0.2, 0.25) is 0 Å². The lowest BCUT2D eigenvalue weighted by Gasteiger charge is -2.37. The Morgan fingerprint density at radius 1 is 1.28 bits per heavy atom. The van der Waals surface area contributed by atoms with Gasteiger partial charge >= 0.3 is 0 Å². The third-order valence-corrected chi connectivity index (χ3v) is 4.85. The first-order valence-corrected chi connectivity index (χ1v) is 7.49. The van der Waals surface area contributed by atoms with Crippen molar-refractivity contribution in [3.63, 3.8) is 0 Å². The molecule has 3 nitrogen and oxygen atoms in total. The fourth-order valence-electron chi connectivity index (χ4n) is 2.77. The molecule has 0 radical (unpaired) electrons. The molecule has 0 bridgehead atoms. The first-order chi connectivity index (χ1) is 8.47. The van der Waals surface area contributed by atoms with Gasteiger partial charge in [-0.2, -0.15) is 0 Å². The zero-order valence-corrected chi connectivity index (χ0v) is 12.8. The van der Waals surface area contributed by atoms with Crippen LogP contribution < -0.4 is 5.32 Å². The van der Waals surface area contributed by atoms with Crippen LogP contribution in [0.1, 0.15) is 52.9 Å². The van der Waals surface area contributed by atoms with Crippen molar-refractivity contribution in [2.45, 2.75) is 58.4 Å². The van der Waals surface area contributed by atoms with Gasteiger partial charge in [0.1, 0.15) is 0 Å². The highest BCUT2D eigenvalue weighted by Gasteiger charge is 2.27. The standard InChI is InChI=1S/C15H32N2O/c1-5-15(13-18,16-4)7-6-10-17-11-8-14(2,3)9-12-17/h16,18H,5-13H2,1-4H3. The van der Waals surface area contributed by atoms with Gasteiger partial charge in [-0.05, 0) is 64.2 Å². The molecule has 0 aromatic rings. The van der Waals surface area contributed by atoms with Gasteiger partial charge < -0.3 is 15.3 Å². The summed E-state index contributed by atoms with van der Waals surface area (Å²) in [6.45, 7) is 10.8. The van der Waals surface area contributed by atoms with Crippen LogP contribution in [0, 0.1) is 5.41 Å². The van der Waals surface area contributed by atoms with E-state index in [-0.39, 0.29) is 12.1 Å². The van der Waals surface area contributed by atoms with Gasteiger partial charge in [-0.15, -0.1) is 0 Å². The Kier molecular flexibility index (Phi) is 6.09. The minimum Gasteiger partial charge on any atom is -0.394 e. The van der Waals surface area contributed by atoms with Crippen molar-refractivity contribution in [1.82, 2.24) is 10.2 Å². The number of likely N-dealkylation sites (tertiary alicyclic amines) is 1. The van der Waals surface area contributed by atoms with Crippen molar-refractivity contribution in [1.29, 1.82) is 0 Å². The molecule has 0 aromatic heterocycles. The SMILES string of the molecule is CCC(CO)(CCCN1CCC(C)(C)CC1)NC. The molecular formula is C15H32N2O. The molecule has 1 heterocycles. The number of nitrogens with zero attached hydrogens (tertiary/aromatic N) is 1. The Bertz CT molecular complexity index is 218. The van der Waals surface area contributed by atoms with Gasteiger partial charge in [-0.25, -0.2) is 0 Å². The first kappa shape index (κ1) is 15.9. The molecule has 1 atom stereocenters. The van der Waals surface area contributed by atoms with Crippen LogP contribution in [0.4, 0.5) is 0 Å². The number of nitrogens with one attached hydrogen (secondary N) is 1. The summed E-state index contributed by atoms with van der Waals surface area (Å²) in [5.74, 6) is 0. The number of aliphatic hydroxyl groups excluding tert-OH is 1. The van der Waals surface area contributed by atoms with Gasteiger partial charge in [0.15, 0.2) is 0 Å². The molecule has 0 aliphatic carbocycles. The van der Waals surface area contributed by atoms with Crippen molar-refractivity contribution >= 4 is 0 Å². The summed E-state index contributed by atoms with van der Waals surface area (Å²) < 4.78 is 0. The van der Waals surface area contributed by atoms with E-state index in [1.165, 1.54) is 38.9 Å². The monoisotopic (exact) mass is 256 g/mol. The lowest BCUT2D eigenvalue weighted by atomic mass is 9.82. The fraction of sp³-hybridized carbons (Fsp3) is 1.00. The molecule has 0 spiro atoms. The highest BCUT2D eigenvalue weighted by atomic mass is 16.3. The molecule has 0 saturated carbocycles. The van der Waals surface area contributed by atoms with Crippen molar-refractivity contribution in [2.24, 2.45) is 5.41 Å². The molecule has 1 rings (SSSR count). The zero-order chi connectivity index (χ0) is 13.6. The maximum Gasteiger partial charge on any atom is 0.0613 e. The molecule has 3 heteroatoms. The van der Waals surface area contributed by atoms with Crippen molar-refractivity contribution in [2.75, 3.05) is 33.3 Å². The normalized spacial score (nSPS) is 23.8. The van der Waals surface area contributed by atoms with E-state index in [0.29, 0.717) is 5.41 Å². The second-order valence-corrected chi connectivity index (χ2v) is 6.65. The molecule has 0 aromatic carbocycles. The topological polar surface area (TPSA) is 35.5 Å². The Morgan fingerprint density at radius 2 is 1.89 bits per heavy atom. The van der Waals surface area contributed by atoms with Gasteiger partial charge in [-0.3, -0.25) is 0 Å². The van der Waals surface area contributed by atoms with Crippen molar-refractivity contribution < 1.29 is 5.11 Å². The Balaban J connectivity index is 2.26. The van der Waals surface area contributed by atoms with Crippen LogP contribution in [0.5, 0.6) is 0 Å². The molecule has 2 N–H and O–H groups in total. The van der Waals surface area contributed by atoms with E-state index in [0.717, 1.165) is 12.8 Å². The summed E-state index contributed by atoms with van der Waals surface area (Å²) in [4.78, 5) is 2.58. The minimum atomic E-state index is -0.0605. The van der Waals surface area contributed by atoms with Gasteiger partial charge in [-0.1, -0.05) is 20.8 Å². The number of likely N-dealkylation sites (N-methyl/N-ethyl adjacent to an activating group) is 1. The minimum absolute atomic E-state index is 0.0605. The lowest BCUT2D eigenvalue weighted by molar-refractivity contribution is 0.116. The average Bonchev–Trinajstić information content (AvgIpc) is 2.37. The third-order valence-electron chi connectivity index (χ3n) is 4.85. The Morgan fingerprint density at radius 3 is 2.33 bits per heavy atom. The summed E-state index contributed by atoms with van der Waals surface area (Å²) >= 11 is 0. The van der Waals surface area contributed by atoms with E-state index >= 15 is 0 Å². The summed E-state index contributed by atoms with van der Waals surface area (Å²) in [5, 5.41) is 12.8. The maximum atomic E-state index is 9.51. The predicted molar refractivity (Wildman–Crippen MR) is 77.9 cm³/mol. The lowest BCUT2D eigenvalue weighted by Crippen LogP contribution is -2.46. The van der Waals surface area contributed by atoms with Gasteiger partial charge in [0, 0.05) is 5.54 Å². The zero-order valence-electron chi connectivity index (χ0n) is 12.8. The van der Waals surface area contributed by atoms with E-state index < -0.39 is 0 Å². The first-order valence-electron chi connectivity index (χ1n) is 7.49.